The van der Waals surface area contributed by atoms with Crippen LogP contribution in [-0.4, -0.2) is 0 Å². The van der Waals surface area contributed by atoms with E-state index in [1.165, 1.54) is 0 Å². The van der Waals surface area contributed by atoms with Gasteiger partial charge in [0, 0.05) is 20.5 Å². The van der Waals surface area contributed by atoms with Gasteiger partial charge in [0.1, 0.15) is 0 Å². The van der Waals surface area contributed by atoms with Crippen molar-refractivity contribution in [2.24, 2.45) is 5.41 Å². The molecule has 1 aromatic carbocycles. The number of allylic oxidation sites excluding steroid dienone is 1. The van der Waals surface area contributed by atoms with E-state index in [9.17, 15) is 4.79 Å². The summed E-state index contributed by atoms with van der Waals surface area (Å²) in [7, 11) is 0. The van der Waals surface area contributed by atoms with Gasteiger partial charge in [-0.05, 0) is 36.5 Å². The van der Waals surface area contributed by atoms with Crippen LogP contribution >= 0.6 is 11.3 Å². The van der Waals surface area contributed by atoms with Gasteiger partial charge in [0.25, 0.3) is 0 Å². The first-order valence-electron chi connectivity index (χ1n) is 6.37. The van der Waals surface area contributed by atoms with Crippen molar-refractivity contribution in [3.63, 3.8) is 0 Å². The van der Waals surface area contributed by atoms with Gasteiger partial charge in [0.05, 0.1) is 0 Å². The van der Waals surface area contributed by atoms with Crippen LogP contribution in [0.2, 0.25) is 0 Å². The molecule has 0 aliphatic heterocycles. The number of benzene rings is 1. The summed E-state index contributed by atoms with van der Waals surface area (Å²) in [6.45, 7) is 4.41. The molecule has 92 valence electrons. The maximum atomic E-state index is 12.5. The van der Waals surface area contributed by atoms with E-state index in [1.807, 2.05) is 24.3 Å². The highest BCUT2D eigenvalue weighted by molar-refractivity contribution is 7.19. The summed E-state index contributed by atoms with van der Waals surface area (Å²) >= 11 is 1.73. The maximum absolute atomic E-state index is 12.5. The predicted molar refractivity (Wildman–Crippen MR) is 79.2 cm³/mol. The first-order chi connectivity index (χ1) is 8.63. The molecule has 0 spiro atoms. The normalized spacial score (nSPS) is 22.1. The topological polar surface area (TPSA) is 17.1 Å². The molecule has 0 saturated carbocycles. The summed E-state index contributed by atoms with van der Waals surface area (Å²) in [5.74, 6) is 0. The van der Waals surface area contributed by atoms with E-state index in [4.69, 9.17) is 0 Å². The minimum Gasteiger partial charge on any atom is -0.289 e. The quantitative estimate of drug-likeness (QED) is 0.745. The molecule has 0 radical (unpaired) electrons. The van der Waals surface area contributed by atoms with Crippen LogP contribution < -0.4 is 5.43 Å². The lowest BCUT2D eigenvalue weighted by Gasteiger charge is -2.28. The second kappa shape index (κ2) is 4.06. The molecule has 2 aromatic rings. The van der Waals surface area contributed by atoms with Crippen molar-refractivity contribution >= 4 is 27.5 Å². The Morgan fingerprint density at radius 2 is 2.11 bits per heavy atom. The molecule has 0 fully saturated rings. The Kier molecular flexibility index (Phi) is 2.63. The molecule has 18 heavy (non-hydrogen) atoms. The smallest absolute Gasteiger partial charge is 0.191 e. The molecular weight excluding hydrogens is 240 g/mol. The van der Waals surface area contributed by atoms with Crippen molar-refractivity contribution in [2.75, 3.05) is 0 Å². The van der Waals surface area contributed by atoms with Crippen LogP contribution in [0.4, 0.5) is 0 Å². The Morgan fingerprint density at radius 3 is 2.89 bits per heavy atom. The molecule has 0 amide bonds. The second-order valence-electron chi connectivity index (χ2n) is 5.29. The highest BCUT2D eigenvalue weighted by atomic mass is 32.1. The number of fused-ring (bicyclic) bond motifs is 2. The summed E-state index contributed by atoms with van der Waals surface area (Å²) in [4.78, 5) is 13.7. The lowest BCUT2D eigenvalue weighted by atomic mass is 9.78. The lowest BCUT2D eigenvalue weighted by molar-refractivity contribution is 0.406. The number of hydrogen-bond donors (Lipinski definition) is 0. The molecule has 0 saturated heterocycles. The van der Waals surface area contributed by atoms with Crippen LogP contribution in [0.15, 0.2) is 35.1 Å². The highest BCUT2D eigenvalue weighted by Crippen LogP contribution is 2.36. The third kappa shape index (κ3) is 1.72. The van der Waals surface area contributed by atoms with E-state index in [1.54, 1.807) is 11.3 Å². The molecule has 1 unspecified atom stereocenters. The van der Waals surface area contributed by atoms with Crippen LogP contribution in [-0.2, 0) is 6.42 Å². The molecule has 0 bridgehead atoms. The van der Waals surface area contributed by atoms with Gasteiger partial charge >= 0.3 is 0 Å². The second-order valence-corrected chi connectivity index (χ2v) is 6.37. The number of hydrogen-bond acceptors (Lipinski definition) is 2. The van der Waals surface area contributed by atoms with Crippen molar-refractivity contribution in [3.8, 4) is 0 Å². The van der Waals surface area contributed by atoms with E-state index >= 15 is 0 Å². The maximum Gasteiger partial charge on any atom is 0.191 e. The minimum atomic E-state index is 0.140. The van der Waals surface area contributed by atoms with E-state index in [0.717, 1.165) is 33.4 Å². The van der Waals surface area contributed by atoms with Gasteiger partial charge in [-0.3, -0.25) is 4.79 Å². The Balaban J connectivity index is 2.29. The Morgan fingerprint density at radius 1 is 1.33 bits per heavy atom. The fraction of sp³-hybridized carbons (Fsp3) is 0.312. The zero-order chi connectivity index (χ0) is 12.8. The first-order valence-corrected chi connectivity index (χ1v) is 7.18. The third-order valence-corrected chi connectivity index (χ3v) is 5.13. The summed E-state index contributed by atoms with van der Waals surface area (Å²) in [5.41, 5.74) is 1.37. The van der Waals surface area contributed by atoms with E-state index in [2.05, 4.69) is 26.0 Å². The molecule has 1 aromatic heterocycles. The van der Waals surface area contributed by atoms with Gasteiger partial charge in [-0.15, -0.1) is 11.3 Å². The molecule has 1 heterocycles. The minimum absolute atomic E-state index is 0.140. The fourth-order valence-electron chi connectivity index (χ4n) is 2.48. The first kappa shape index (κ1) is 11.7. The van der Waals surface area contributed by atoms with Crippen molar-refractivity contribution in [3.05, 3.63) is 51.0 Å². The summed E-state index contributed by atoms with van der Waals surface area (Å²) in [6, 6.07) is 7.91. The number of rotatable bonds is 1. The Bertz CT molecular complexity index is 696. The van der Waals surface area contributed by atoms with Gasteiger partial charge in [-0.1, -0.05) is 32.1 Å². The standard InChI is InChI=1S/C16H16OS/c1-3-16(2)9-8-14-12(10-16)15(17)11-6-4-5-7-13(11)18-14/h4-9H,3,10H2,1-2H3. The van der Waals surface area contributed by atoms with Crippen molar-refractivity contribution < 1.29 is 0 Å². The molecular formula is C16H16OS. The zero-order valence-electron chi connectivity index (χ0n) is 10.7. The average molecular weight is 256 g/mol. The van der Waals surface area contributed by atoms with Crippen molar-refractivity contribution in [1.29, 1.82) is 0 Å². The van der Waals surface area contributed by atoms with E-state index in [-0.39, 0.29) is 10.8 Å². The van der Waals surface area contributed by atoms with Crippen molar-refractivity contribution in [1.82, 2.24) is 0 Å². The SMILES string of the molecule is CCC1(C)C=Cc2sc3ccccc3c(=O)c2C1. The summed E-state index contributed by atoms with van der Waals surface area (Å²) in [5, 5.41) is 0.870. The average Bonchev–Trinajstić information content (AvgIpc) is 2.40. The monoisotopic (exact) mass is 256 g/mol. The van der Waals surface area contributed by atoms with E-state index < -0.39 is 0 Å². The van der Waals surface area contributed by atoms with Gasteiger partial charge in [0.2, 0.25) is 0 Å². The molecule has 1 nitrogen and oxygen atoms in total. The van der Waals surface area contributed by atoms with Gasteiger partial charge in [0.15, 0.2) is 5.43 Å². The van der Waals surface area contributed by atoms with Crippen LogP contribution in [0.3, 0.4) is 0 Å². The van der Waals surface area contributed by atoms with Gasteiger partial charge < -0.3 is 0 Å². The lowest BCUT2D eigenvalue weighted by Crippen LogP contribution is -2.24. The van der Waals surface area contributed by atoms with E-state index in [0.29, 0.717) is 0 Å². The van der Waals surface area contributed by atoms with Crippen LogP contribution in [0, 0.1) is 5.41 Å². The van der Waals surface area contributed by atoms with Crippen LogP contribution in [0.25, 0.3) is 16.2 Å². The molecule has 0 N–H and O–H groups in total. The van der Waals surface area contributed by atoms with Crippen molar-refractivity contribution in [2.45, 2.75) is 26.7 Å². The molecule has 1 aliphatic carbocycles. The molecule has 2 heteroatoms. The third-order valence-electron chi connectivity index (χ3n) is 3.95. The fourth-order valence-corrected chi connectivity index (χ4v) is 3.56. The zero-order valence-corrected chi connectivity index (χ0v) is 11.5. The van der Waals surface area contributed by atoms with Gasteiger partial charge in [-0.25, -0.2) is 0 Å². The van der Waals surface area contributed by atoms with Gasteiger partial charge in [-0.2, -0.15) is 0 Å². The highest BCUT2D eigenvalue weighted by Gasteiger charge is 2.26. The molecule has 1 aliphatic rings. The van der Waals surface area contributed by atoms with Crippen LogP contribution in [0.5, 0.6) is 0 Å². The largest absolute Gasteiger partial charge is 0.289 e. The predicted octanol–water partition coefficient (Wildman–Crippen LogP) is 4.25. The Labute approximate surface area is 111 Å². The Hall–Kier alpha value is -1.41. The summed E-state index contributed by atoms with van der Waals surface area (Å²) in [6.07, 6.45) is 6.34. The van der Waals surface area contributed by atoms with Crippen LogP contribution in [0.1, 0.15) is 30.7 Å². The molecule has 3 rings (SSSR count). The summed E-state index contributed by atoms with van der Waals surface area (Å²) < 4.78 is 1.09. The molecule has 1 atom stereocenters.